The minimum atomic E-state index is 0. The van der Waals surface area contributed by atoms with Crippen LogP contribution in [-0.2, 0) is 11.3 Å². The van der Waals surface area contributed by atoms with Gasteiger partial charge < -0.3 is 15.6 Å². The van der Waals surface area contributed by atoms with E-state index in [0.29, 0.717) is 5.75 Å². The van der Waals surface area contributed by atoms with E-state index in [1.165, 1.54) is 0 Å². The number of para-hydroxylation sites is 3. The van der Waals surface area contributed by atoms with Crippen LogP contribution < -0.4 is 10.6 Å². The lowest BCUT2D eigenvalue weighted by Gasteiger charge is -2.12. The van der Waals surface area contributed by atoms with Crippen LogP contribution in [0.15, 0.2) is 48.5 Å². The Morgan fingerprint density at radius 3 is 2.70 bits per heavy atom. The molecule has 27 heavy (non-hydrogen) atoms. The van der Waals surface area contributed by atoms with E-state index >= 15 is 0 Å². The largest absolute Gasteiger partial charge is 0.341 e. The van der Waals surface area contributed by atoms with E-state index in [-0.39, 0.29) is 23.6 Å². The molecule has 2 aromatic carbocycles. The number of hydrogen-bond acceptors (Lipinski definition) is 4. The summed E-state index contributed by atoms with van der Waals surface area (Å²) in [4.78, 5) is 20.3. The first-order chi connectivity index (χ1) is 12.7. The number of rotatable bonds is 8. The molecular weight excluding hydrogens is 380 g/mol. The minimum absolute atomic E-state index is 0. The second kappa shape index (κ2) is 10.3. The number of fused-ring (bicyclic) bond motifs is 1. The Labute approximate surface area is 170 Å². The maximum atomic E-state index is 12.4. The van der Waals surface area contributed by atoms with Crippen molar-refractivity contribution >= 4 is 46.8 Å². The quantitative estimate of drug-likeness (QED) is 0.516. The van der Waals surface area contributed by atoms with Crippen LogP contribution in [0.1, 0.15) is 30.5 Å². The van der Waals surface area contributed by atoms with Crippen LogP contribution in [0.5, 0.6) is 0 Å². The third kappa shape index (κ3) is 5.73. The fourth-order valence-electron chi connectivity index (χ4n) is 2.69. The first-order valence-corrected chi connectivity index (χ1v) is 9.87. The molecule has 3 N–H and O–H groups in total. The summed E-state index contributed by atoms with van der Waals surface area (Å²) in [7, 11) is 0. The Balaban J connectivity index is 0.00000261. The number of nitrogens with zero attached hydrogens (tertiary/aromatic N) is 1. The van der Waals surface area contributed by atoms with Crippen LogP contribution in [0.25, 0.3) is 11.0 Å². The Morgan fingerprint density at radius 1 is 1.19 bits per heavy atom. The SMILES string of the molecule is CCNCc1ccccc1NC(=O)CSC(C)c1nc2ccccc2[nH]1.Cl. The van der Waals surface area contributed by atoms with Crippen LogP contribution in [0.4, 0.5) is 5.69 Å². The molecule has 1 heterocycles. The number of imidazole rings is 1. The summed E-state index contributed by atoms with van der Waals surface area (Å²) >= 11 is 1.57. The van der Waals surface area contributed by atoms with Gasteiger partial charge in [0.25, 0.3) is 0 Å². The molecule has 1 atom stereocenters. The Kier molecular flexibility index (Phi) is 8.16. The van der Waals surface area contributed by atoms with Gasteiger partial charge in [-0.3, -0.25) is 4.79 Å². The van der Waals surface area contributed by atoms with Gasteiger partial charge >= 0.3 is 0 Å². The number of carbonyl (C=O) groups is 1. The van der Waals surface area contributed by atoms with E-state index in [9.17, 15) is 4.79 Å². The maximum absolute atomic E-state index is 12.4. The summed E-state index contributed by atoms with van der Waals surface area (Å²) in [6.45, 7) is 5.77. The normalized spacial score (nSPS) is 11.8. The number of carbonyl (C=O) groups excluding carboxylic acids is 1. The van der Waals surface area contributed by atoms with Gasteiger partial charge in [-0.05, 0) is 37.2 Å². The van der Waals surface area contributed by atoms with Crippen LogP contribution >= 0.6 is 24.2 Å². The van der Waals surface area contributed by atoms with Gasteiger partial charge in [0.1, 0.15) is 5.82 Å². The zero-order valence-electron chi connectivity index (χ0n) is 15.5. The summed E-state index contributed by atoms with van der Waals surface area (Å²) in [5, 5.41) is 6.43. The Morgan fingerprint density at radius 2 is 1.93 bits per heavy atom. The summed E-state index contributed by atoms with van der Waals surface area (Å²) in [6, 6.07) is 15.9. The van der Waals surface area contributed by atoms with Crippen molar-refractivity contribution in [1.82, 2.24) is 15.3 Å². The van der Waals surface area contributed by atoms with E-state index in [4.69, 9.17) is 0 Å². The van der Waals surface area contributed by atoms with Crippen LogP contribution in [0.3, 0.4) is 0 Å². The highest BCUT2D eigenvalue weighted by molar-refractivity contribution is 8.00. The number of anilines is 1. The summed E-state index contributed by atoms with van der Waals surface area (Å²) in [6.07, 6.45) is 0. The van der Waals surface area contributed by atoms with Crippen molar-refractivity contribution in [3.05, 3.63) is 59.9 Å². The highest BCUT2D eigenvalue weighted by Crippen LogP contribution is 2.28. The smallest absolute Gasteiger partial charge is 0.234 e. The lowest BCUT2D eigenvalue weighted by atomic mass is 10.1. The van der Waals surface area contributed by atoms with Crippen molar-refractivity contribution in [2.75, 3.05) is 17.6 Å². The summed E-state index contributed by atoms with van der Waals surface area (Å²) in [5.41, 5.74) is 3.95. The molecule has 5 nitrogen and oxygen atoms in total. The third-order valence-corrected chi connectivity index (χ3v) is 5.27. The molecular formula is C20H25ClN4OS. The van der Waals surface area contributed by atoms with E-state index in [0.717, 1.165) is 41.2 Å². The molecule has 7 heteroatoms. The molecule has 3 rings (SSSR count). The van der Waals surface area contributed by atoms with Crippen molar-refractivity contribution in [2.24, 2.45) is 0 Å². The van der Waals surface area contributed by atoms with Crippen molar-refractivity contribution in [2.45, 2.75) is 25.6 Å². The molecule has 0 spiro atoms. The highest BCUT2D eigenvalue weighted by atomic mass is 35.5. The molecule has 0 aliphatic rings. The first-order valence-electron chi connectivity index (χ1n) is 8.82. The third-order valence-electron chi connectivity index (χ3n) is 4.11. The van der Waals surface area contributed by atoms with Crippen molar-refractivity contribution in [1.29, 1.82) is 0 Å². The Bertz CT molecular complexity index is 850. The average molecular weight is 405 g/mol. The molecule has 0 fully saturated rings. The zero-order valence-corrected chi connectivity index (χ0v) is 17.1. The number of aromatic nitrogens is 2. The van der Waals surface area contributed by atoms with Gasteiger partial charge in [-0.2, -0.15) is 0 Å². The van der Waals surface area contributed by atoms with Crippen molar-refractivity contribution < 1.29 is 4.79 Å². The first kappa shape index (κ1) is 21.3. The van der Waals surface area contributed by atoms with Gasteiger partial charge in [0.2, 0.25) is 5.91 Å². The molecule has 1 amide bonds. The molecule has 0 saturated carbocycles. The molecule has 1 aromatic heterocycles. The minimum Gasteiger partial charge on any atom is -0.341 e. The predicted octanol–water partition coefficient (Wildman–Crippen LogP) is 4.53. The molecule has 0 aliphatic carbocycles. The number of nitrogens with one attached hydrogen (secondary N) is 3. The van der Waals surface area contributed by atoms with Crippen molar-refractivity contribution in [3.8, 4) is 0 Å². The Hall–Kier alpha value is -2.02. The maximum Gasteiger partial charge on any atom is 0.234 e. The standard InChI is InChI=1S/C20H24N4OS.ClH/c1-3-21-12-15-8-4-5-9-16(15)22-19(25)13-26-14(2)20-23-17-10-6-7-11-18(17)24-20;/h4-11,14,21H,3,12-13H2,1-2H3,(H,22,25)(H,23,24);1H. The number of H-pyrrole nitrogens is 1. The lowest BCUT2D eigenvalue weighted by Crippen LogP contribution is -2.18. The van der Waals surface area contributed by atoms with Gasteiger partial charge in [-0.1, -0.05) is 37.3 Å². The zero-order chi connectivity index (χ0) is 18.4. The highest BCUT2D eigenvalue weighted by Gasteiger charge is 2.14. The molecule has 0 aliphatic heterocycles. The van der Waals surface area contributed by atoms with E-state index in [1.54, 1.807) is 11.8 Å². The molecule has 144 valence electrons. The van der Waals surface area contributed by atoms with Gasteiger partial charge in [-0.25, -0.2) is 4.98 Å². The van der Waals surface area contributed by atoms with Crippen molar-refractivity contribution in [3.63, 3.8) is 0 Å². The fourth-order valence-corrected chi connectivity index (χ4v) is 3.43. The van der Waals surface area contributed by atoms with Crippen LogP contribution in [0, 0.1) is 0 Å². The second-order valence-corrected chi connectivity index (χ2v) is 7.41. The fraction of sp³-hybridized carbons (Fsp3) is 0.300. The molecule has 0 saturated heterocycles. The number of thioether (sulfide) groups is 1. The lowest BCUT2D eigenvalue weighted by molar-refractivity contribution is -0.113. The molecule has 1 unspecified atom stereocenters. The number of halogens is 1. The number of amides is 1. The van der Waals surface area contributed by atoms with E-state index in [2.05, 4.69) is 34.4 Å². The average Bonchev–Trinajstić information content (AvgIpc) is 3.10. The number of aromatic amines is 1. The van der Waals surface area contributed by atoms with Crippen LogP contribution in [0.2, 0.25) is 0 Å². The second-order valence-electron chi connectivity index (χ2n) is 6.08. The van der Waals surface area contributed by atoms with Gasteiger partial charge in [0.05, 0.1) is 22.0 Å². The number of benzene rings is 2. The van der Waals surface area contributed by atoms with E-state index in [1.807, 2.05) is 48.5 Å². The molecule has 0 radical (unpaired) electrons. The molecule has 0 bridgehead atoms. The van der Waals surface area contributed by atoms with E-state index < -0.39 is 0 Å². The number of hydrogen-bond donors (Lipinski definition) is 3. The monoisotopic (exact) mass is 404 g/mol. The summed E-state index contributed by atoms with van der Waals surface area (Å²) in [5.74, 6) is 1.28. The predicted molar refractivity (Wildman–Crippen MR) is 117 cm³/mol. The van der Waals surface area contributed by atoms with Gasteiger partial charge in [0, 0.05) is 12.2 Å². The van der Waals surface area contributed by atoms with Gasteiger partial charge in [0.15, 0.2) is 0 Å². The topological polar surface area (TPSA) is 69.8 Å². The molecule has 3 aromatic rings. The van der Waals surface area contributed by atoms with Crippen LogP contribution in [-0.4, -0.2) is 28.2 Å². The van der Waals surface area contributed by atoms with Gasteiger partial charge in [-0.15, -0.1) is 24.2 Å². The summed E-state index contributed by atoms with van der Waals surface area (Å²) < 4.78 is 0.